The van der Waals surface area contributed by atoms with Gasteiger partial charge < -0.3 is 24.6 Å². The van der Waals surface area contributed by atoms with Crippen LogP contribution in [-0.4, -0.2) is 54.0 Å². The van der Waals surface area contributed by atoms with E-state index in [-0.39, 0.29) is 5.92 Å². The maximum atomic E-state index is 12.6. The molecule has 5 atom stereocenters. The van der Waals surface area contributed by atoms with Crippen molar-refractivity contribution in [2.45, 2.75) is 23.2 Å². The number of aliphatic hydroxyl groups is 2. The molecule has 5 rings (SSSR count). The van der Waals surface area contributed by atoms with Crippen molar-refractivity contribution in [1.82, 2.24) is 9.88 Å². The van der Waals surface area contributed by atoms with E-state index in [1.54, 1.807) is 30.5 Å². The van der Waals surface area contributed by atoms with Crippen molar-refractivity contribution in [1.29, 1.82) is 5.26 Å². The predicted molar refractivity (Wildman–Crippen MR) is 125 cm³/mol. The maximum Gasteiger partial charge on any atom is 0.177 e. The summed E-state index contributed by atoms with van der Waals surface area (Å²) < 4.78 is 12.3. The minimum atomic E-state index is -1.83. The zero-order chi connectivity index (χ0) is 24.1. The topological polar surface area (TPSA) is 98.8 Å². The fourth-order valence-electron chi connectivity index (χ4n) is 5.95. The summed E-state index contributed by atoms with van der Waals surface area (Å²) in [4.78, 5) is 6.24. The Kier molecular flexibility index (Phi) is 5.33. The van der Waals surface area contributed by atoms with Gasteiger partial charge in [-0.1, -0.05) is 42.5 Å². The number of hydrogen-bond donors (Lipinski definition) is 2. The van der Waals surface area contributed by atoms with Crippen LogP contribution in [0.2, 0.25) is 0 Å². The summed E-state index contributed by atoms with van der Waals surface area (Å²) in [7, 11) is 5.40. The molecule has 2 heterocycles. The van der Waals surface area contributed by atoms with Gasteiger partial charge in [0.1, 0.15) is 11.5 Å². The molecule has 2 aliphatic rings. The molecule has 0 saturated heterocycles. The van der Waals surface area contributed by atoms with E-state index in [2.05, 4.69) is 11.1 Å². The third kappa shape index (κ3) is 2.90. The standard InChI is InChI=1S/C27H27N3O4/c1-30(2)16-20-23(18-7-5-4-6-8-18)27(19-11-9-17(13-28)10-12-19)26(32,25(20)31)24-21(33-3)14-29-15-22(24)34-27/h4-12,14-15,20,23,25,31-32H,16H2,1-3H3/t20-,23-,25-,26+,27+/m1/s1. The molecule has 1 aliphatic heterocycles. The van der Waals surface area contributed by atoms with Crippen LogP contribution in [0.15, 0.2) is 67.0 Å². The highest BCUT2D eigenvalue weighted by Gasteiger charge is 2.76. The van der Waals surface area contributed by atoms with Crippen LogP contribution in [0.1, 0.15) is 28.2 Å². The third-order valence-electron chi connectivity index (χ3n) is 7.19. The van der Waals surface area contributed by atoms with Gasteiger partial charge in [-0.3, -0.25) is 4.98 Å². The minimum Gasteiger partial charge on any atom is -0.495 e. The second-order valence-electron chi connectivity index (χ2n) is 9.27. The molecule has 174 valence electrons. The van der Waals surface area contributed by atoms with Crippen LogP contribution in [0.25, 0.3) is 0 Å². The Morgan fingerprint density at radius 3 is 2.44 bits per heavy atom. The second-order valence-corrected chi connectivity index (χ2v) is 9.27. The summed E-state index contributed by atoms with van der Waals surface area (Å²) in [5, 5.41) is 33.9. The van der Waals surface area contributed by atoms with Gasteiger partial charge in [0.25, 0.3) is 0 Å². The Morgan fingerprint density at radius 1 is 1.12 bits per heavy atom. The van der Waals surface area contributed by atoms with E-state index in [4.69, 9.17) is 9.47 Å². The third-order valence-corrected chi connectivity index (χ3v) is 7.19. The van der Waals surface area contributed by atoms with Crippen molar-refractivity contribution in [2.75, 3.05) is 27.7 Å². The number of ether oxygens (including phenoxy) is 2. The number of aromatic nitrogens is 1. The molecule has 34 heavy (non-hydrogen) atoms. The predicted octanol–water partition coefficient (Wildman–Crippen LogP) is 2.77. The number of nitrogens with zero attached hydrogens (tertiary/aromatic N) is 3. The van der Waals surface area contributed by atoms with E-state index < -0.39 is 23.2 Å². The molecular weight excluding hydrogens is 430 g/mol. The van der Waals surface area contributed by atoms with Crippen molar-refractivity contribution < 1.29 is 19.7 Å². The molecular formula is C27H27N3O4. The lowest BCUT2D eigenvalue weighted by molar-refractivity contribution is -0.152. The fourth-order valence-corrected chi connectivity index (χ4v) is 5.95. The highest BCUT2D eigenvalue weighted by molar-refractivity contribution is 5.59. The molecule has 1 fully saturated rings. The number of benzene rings is 2. The first-order chi connectivity index (χ1) is 16.4. The Morgan fingerprint density at radius 2 is 1.82 bits per heavy atom. The highest BCUT2D eigenvalue weighted by Crippen LogP contribution is 2.69. The largest absolute Gasteiger partial charge is 0.495 e. The van der Waals surface area contributed by atoms with E-state index in [1.807, 2.05) is 49.3 Å². The number of methoxy groups -OCH3 is 1. The first kappa shape index (κ1) is 22.4. The molecule has 7 heteroatoms. The lowest BCUT2D eigenvalue weighted by Crippen LogP contribution is -2.52. The molecule has 2 aromatic carbocycles. The van der Waals surface area contributed by atoms with Gasteiger partial charge in [0, 0.05) is 18.4 Å². The lowest BCUT2D eigenvalue weighted by Gasteiger charge is -2.41. The number of aliphatic hydroxyl groups excluding tert-OH is 1. The zero-order valence-corrected chi connectivity index (χ0v) is 19.3. The number of rotatable bonds is 5. The monoisotopic (exact) mass is 457 g/mol. The molecule has 0 unspecified atom stereocenters. The molecule has 1 aliphatic carbocycles. The molecule has 0 amide bonds. The summed E-state index contributed by atoms with van der Waals surface area (Å²) in [6.45, 7) is 0.521. The molecule has 0 radical (unpaired) electrons. The number of fused-ring (bicyclic) bond motifs is 3. The molecule has 1 aromatic heterocycles. The SMILES string of the molecule is COc1cncc2c1[C@]1(O)[C@H](O)[C@H](CN(C)C)[C@@H](c3ccccc3)[C@]1(c1ccc(C#N)cc1)O2. The maximum absolute atomic E-state index is 12.6. The van der Waals surface area contributed by atoms with E-state index in [0.29, 0.717) is 34.7 Å². The zero-order valence-electron chi connectivity index (χ0n) is 19.3. The van der Waals surface area contributed by atoms with Crippen LogP contribution < -0.4 is 9.47 Å². The van der Waals surface area contributed by atoms with Gasteiger partial charge in [0.15, 0.2) is 11.2 Å². The number of hydrogen-bond acceptors (Lipinski definition) is 7. The van der Waals surface area contributed by atoms with Crippen LogP contribution in [0, 0.1) is 17.2 Å². The van der Waals surface area contributed by atoms with Gasteiger partial charge in [-0.2, -0.15) is 5.26 Å². The average molecular weight is 458 g/mol. The first-order valence-electron chi connectivity index (χ1n) is 11.2. The Labute approximate surface area is 198 Å². The van der Waals surface area contributed by atoms with Crippen molar-refractivity contribution in [3.8, 4) is 17.6 Å². The molecule has 0 spiro atoms. The first-order valence-corrected chi connectivity index (χ1v) is 11.2. The van der Waals surface area contributed by atoms with E-state index in [1.165, 1.54) is 13.3 Å². The normalized spacial score (nSPS) is 29.3. The van der Waals surface area contributed by atoms with Gasteiger partial charge in [0.2, 0.25) is 0 Å². The summed E-state index contributed by atoms with van der Waals surface area (Å²) in [6.07, 6.45) is 1.90. The van der Waals surface area contributed by atoms with E-state index in [0.717, 1.165) is 5.56 Å². The van der Waals surface area contributed by atoms with Crippen LogP contribution in [0.3, 0.4) is 0 Å². The van der Waals surface area contributed by atoms with Gasteiger partial charge in [0.05, 0.1) is 42.8 Å². The van der Waals surface area contributed by atoms with Gasteiger partial charge >= 0.3 is 0 Å². The van der Waals surface area contributed by atoms with Crippen LogP contribution >= 0.6 is 0 Å². The summed E-state index contributed by atoms with van der Waals surface area (Å²) in [6, 6.07) is 19.0. The molecule has 3 aromatic rings. The Hall–Kier alpha value is -3.44. The molecule has 7 nitrogen and oxygen atoms in total. The smallest absolute Gasteiger partial charge is 0.177 e. The van der Waals surface area contributed by atoms with Gasteiger partial charge in [-0.05, 0) is 37.4 Å². The van der Waals surface area contributed by atoms with Crippen LogP contribution in [0.4, 0.5) is 0 Å². The minimum absolute atomic E-state index is 0.354. The lowest BCUT2D eigenvalue weighted by atomic mass is 9.70. The van der Waals surface area contributed by atoms with E-state index >= 15 is 0 Å². The van der Waals surface area contributed by atoms with Gasteiger partial charge in [-0.25, -0.2) is 0 Å². The number of pyridine rings is 1. The summed E-state index contributed by atoms with van der Waals surface area (Å²) >= 11 is 0. The van der Waals surface area contributed by atoms with Crippen LogP contribution in [0.5, 0.6) is 11.5 Å². The van der Waals surface area contributed by atoms with Crippen LogP contribution in [-0.2, 0) is 11.2 Å². The molecule has 0 bridgehead atoms. The van der Waals surface area contributed by atoms with Crippen molar-refractivity contribution in [3.63, 3.8) is 0 Å². The highest BCUT2D eigenvalue weighted by atomic mass is 16.5. The Balaban J connectivity index is 1.85. The second kappa shape index (κ2) is 8.10. The Bertz CT molecular complexity index is 1240. The molecule has 1 saturated carbocycles. The quantitative estimate of drug-likeness (QED) is 0.608. The summed E-state index contributed by atoms with van der Waals surface area (Å²) in [5.41, 5.74) is -0.704. The van der Waals surface area contributed by atoms with Crippen molar-refractivity contribution in [3.05, 3.63) is 89.2 Å². The average Bonchev–Trinajstić information content (AvgIpc) is 3.23. The van der Waals surface area contributed by atoms with E-state index in [9.17, 15) is 15.5 Å². The fraction of sp³-hybridized carbons (Fsp3) is 0.333. The van der Waals surface area contributed by atoms with Crippen molar-refractivity contribution >= 4 is 0 Å². The number of nitriles is 1. The van der Waals surface area contributed by atoms with Crippen molar-refractivity contribution in [2.24, 2.45) is 5.92 Å². The summed E-state index contributed by atoms with van der Waals surface area (Å²) in [5.74, 6) is -0.0633. The molecule has 2 N–H and O–H groups in total. The van der Waals surface area contributed by atoms with Gasteiger partial charge in [-0.15, -0.1) is 0 Å².